The monoisotopic (exact) mass is 386 g/mol. The molecular formula is C24H50O3. The van der Waals surface area contributed by atoms with E-state index in [0.29, 0.717) is 19.8 Å². The van der Waals surface area contributed by atoms with E-state index in [1.165, 1.54) is 103 Å². The van der Waals surface area contributed by atoms with E-state index < -0.39 is 0 Å². The average molecular weight is 387 g/mol. The van der Waals surface area contributed by atoms with Gasteiger partial charge >= 0.3 is 0 Å². The topological polar surface area (TPSA) is 27.7 Å². The standard InChI is InChI=1S/C24H50O3/c1-3-5-7-9-11-12-13-14-16-18-20-26-22-24-27-23-21-25-19-17-15-10-8-6-4-2/h3-24H2,1-2H3. The fourth-order valence-corrected chi connectivity index (χ4v) is 3.22. The molecule has 0 aliphatic carbocycles. The molecule has 0 saturated carbocycles. The number of rotatable bonds is 24. The summed E-state index contributed by atoms with van der Waals surface area (Å²) in [6.07, 6.45) is 21.6. The molecule has 0 N–H and O–H groups in total. The predicted octanol–water partition coefficient (Wildman–Crippen LogP) is 7.32. The SMILES string of the molecule is CCCCCCCCCCCCOCCOCCOCCCCCCCC. The Hall–Kier alpha value is -0.120. The van der Waals surface area contributed by atoms with Gasteiger partial charge in [-0.1, -0.05) is 104 Å². The molecule has 0 amide bonds. The van der Waals surface area contributed by atoms with Crippen molar-refractivity contribution >= 4 is 0 Å². The van der Waals surface area contributed by atoms with Crippen molar-refractivity contribution < 1.29 is 14.2 Å². The smallest absolute Gasteiger partial charge is 0.0701 e. The molecule has 0 aromatic rings. The highest BCUT2D eigenvalue weighted by Gasteiger charge is 1.95. The summed E-state index contributed by atoms with van der Waals surface area (Å²) in [6, 6.07) is 0. The first kappa shape index (κ1) is 26.9. The summed E-state index contributed by atoms with van der Waals surface area (Å²) in [6.45, 7) is 9.11. The fraction of sp³-hybridized carbons (Fsp3) is 1.00. The van der Waals surface area contributed by atoms with Gasteiger partial charge in [0.1, 0.15) is 0 Å². The summed E-state index contributed by atoms with van der Waals surface area (Å²) in [5.41, 5.74) is 0. The maximum absolute atomic E-state index is 5.63. The second kappa shape index (κ2) is 25.9. The summed E-state index contributed by atoms with van der Waals surface area (Å²) in [4.78, 5) is 0. The zero-order chi connectivity index (χ0) is 19.7. The zero-order valence-electron chi connectivity index (χ0n) is 18.8. The van der Waals surface area contributed by atoms with E-state index in [4.69, 9.17) is 14.2 Å². The van der Waals surface area contributed by atoms with E-state index in [0.717, 1.165) is 19.8 Å². The van der Waals surface area contributed by atoms with Gasteiger partial charge in [-0.05, 0) is 12.8 Å². The van der Waals surface area contributed by atoms with Crippen LogP contribution in [-0.2, 0) is 14.2 Å². The second-order valence-corrected chi connectivity index (χ2v) is 7.79. The lowest BCUT2D eigenvalue weighted by molar-refractivity contribution is 0.0132. The Bertz CT molecular complexity index is 222. The van der Waals surface area contributed by atoms with E-state index in [1.807, 2.05) is 0 Å². The van der Waals surface area contributed by atoms with Crippen LogP contribution in [0.15, 0.2) is 0 Å². The van der Waals surface area contributed by atoms with Gasteiger partial charge in [-0.25, -0.2) is 0 Å². The van der Waals surface area contributed by atoms with Crippen molar-refractivity contribution in [1.82, 2.24) is 0 Å². The molecule has 0 fully saturated rings. The van der Waals surface area contributed by atoms with Crippen molar-refractivity contribution in [2.24, 2.45) is 0 Å². The van der Waals surface area contributed by atoms with E-state index >= 15 is 0 Å². The third-order valence-electron chi connectivity index (χ3n) is 5.03. The van der Waals surface area contributed by atoms with Crippen LogP contribution >= 0.6 is 0 Å². The van der Waals surface area contributed by atoms with Gasteiger partial charge in [0, 0.05) is 13.2 Å². The Morgan fingerprint density at radius 3 is 0.889 bits per heavy atom. The minimum atomic E-state index is 0.692. The van der Waals surface area contributed by atoms with E-state index in [9.17, 15) is 0 Å². The molecule has 0 radical (unpaired) electrons. The molecule has 0 aliphatic heterocycles. The highest BCUT2D eigenvalue weighted by molar-refractivity contribution is 4.47. The maximum atomic E-state index is 5.63. The summed E-state index contributed by atoms with van der Waals surface area (Å²) >= 11 is 0. The first-order chi connectivity index (χ1) is 13.4. The van der Waals surface area contributed by atoms with Crippen LogP contribution in [0.1, 0.15) is 117 Å². The predicted molar refractivity (Wildman–Crippen MR) is 118 cm³/mol. The lowest BCUT2D eigenvalue weighted by Gasteiger charge is -2.07. The van der Waals surface area contributed by atoms with Crippen LogP contribution in [-0.4, -0.2) is 39.6 Å². The molecule has 27 heavy (non-hydrogen) atoms. The average Bonchev–Trinajstić information content (AvgIpc) is 2.68. The third-order valence-corrected chi connectivity index (χ3v) is 5.03. The molecular weight excluding hydrogens is 336 g/mol. The van der Waals surface area contributed by atoms with Gasteiger partial charge in [0.2, 0.25) is 0 Å². The molecule has 0 atom stereocenters. The van der Waals surface area contributed by atoms with Crippen LogP contribution in [0.5, 0.6) is 0 Å². The third kappa shape index (κ3) is 25.9. The molecule has 0 rings (SSSR count). The highest BCUT2D eigenvalue weighted by atomic mass is 16.5. The van der Waals surface area contributed by atoms with Crippen molar-refractivity contribution in [3.8, 4) is 0 Å². The van der Waals surface area contributed by atoms with Crippen molar-refractivity contribution in [1.29, 1.82) is 0 Å². The number of hydrogen-bond acceptors (Lipinski definition) is 3. The number of ether oxygens (including phenoxy) is 3. The minimum absolute atomic E-state index is 0.692. The number of hydrogen-bond donors (Lipinski definition) is 0. The molecule has 0 saturated heterocycles. The molecule has 164 valence electrons. The van der Waals surface area contributed by atoms with E-state index in [2.05, 4.69) is 13.8 Å². The Labute approximate surface area is 170 Å². The summed E-state index contributed by atoms with van der Waals surface area (Å²) in [5.74, 6) is 0. The molecule has 0 aromatic carbocycles. The second-order valence-electron chi connectivity index (χ2n) is 7.79. The van der Waals surface area contributed by atoms with Crippen molar-refractivity contribution in [2.75, 3.05) is 39.6 Å². The van der Waals surface area contributed by atoms with Crippen LogP contribution in [0, 0.1) is 0 Å². The summed E-state index contributed by atoms with van der Waals surface area (Å²) in [7, 11) is 0. The van der Waals surface area contributed by atoms with Gasteiger partial charge in [0.25, 0.3) is 0 Å². The first-order valence-electron chi connectivity index (χ1n) is 12.1. The van der Waals surface area contributed by atoms with Gasteiger partial charge in [-0.2, -0.15) is 0 Å². The largest absolute Gasteiger partial charge is 0.379 e. The van der Waals surface area contributed by atoms with E-state index in [1.54, 1.807) is 0 Å². The van der Waals surface area contributed by atoms with Crippen molar-refractivity contribution in [3.63, 3.8) is 0 Å². The molecule has 0 aliphatic rings. The normalized spacial score (nSPS) is 11.3. The molecule has 3 heteroatoms. The van der Waals surface area contributed by atoms with Gasteiger partial charge in [0.15, 0.2) is 0 Å². The van der Waals surface area contributed by atoms with Gasteiger partial charge in [0.05, 0.1) is 26.4 Å². The molecule has 0 bridgehead atoms. The Morgan fingerprint density at radius 2 is 0.556 bits per heavy atom. The summed E-state index contributed by atoms with van der Waals surface area (Å²) in [5, 5.41) is 0. The molecule has 0 aromatic heterocycles. The molecule has 0 spiro atoms. The minimum Gasteiger partial charge on any atom is -0.379 e. The fourth-order valence-electron chi connectivity index (χ4n) is 3.22. The molecule has 3 nitrogen and oxygen atoms in total. The molecule has 0 heterocycles. The van der Waals surface area contributed by atoms with Crippen LogP contribution in [0.2, 0.25) is 0 Å². The maximum Gasteiger partial charge on any atom is 0.0701 e. The Morgan fingerprint density at radius 1 is 0.296 bits per heavy atom. The highest BCUT2D eigenvalue weighted by Crippen LogP contribution is 2.10. The van der Waals surface area contributed by atoms with Crippen molar-refractivity contribution in [3.05, 3.63) is 0 Å². The zero-order valence-corrected chi connectivity index (χ0v) is 18.8. The van der Waals surface area contributed by atoms with Gasteiger partial charge in [-0.15, -0.1) is 0 Å². The first-order valence-corrected chi connectivity index (χ1v) is 12.1. The number of unbranched alkanes of at least 4 members (excludes halogenated alkanes) is 14. The van der Waals surface area contributed by atoms with Gasteiger partial charge < -0.3 is 14.2 Å². The Kier molecular flexibility index (Phi) is 25.8. The van der Waals surface area contributed by atoms with E-state index in [-0.39, 0.29) is 0 Å². The Balaban J connectivity index is 2.95. The lowest BCUT2D eigenvalue weighted by atomic mass is 10.1. The summed E-state index contributed by atoms with van der Waals surface area (Å²) < 4.78 is 16.8. The molecule has 0 unspecified atom stereocenters. The van der Waals surface area contributed by atoms with Crippen LogP contribution in [0.25, 0.3) is 0 Å². The lowest BCUT2D eigenvalue weighted by Crippen LogP contribution is -2.10. The quantitative estimate of drug-likeness (QED) is 0.163. The van der Waals surface area contributed by atoms with Gasteiger partial charge in [-0.3, -0.25) is 0 Å². The van der Waals surface area contributed by atoms with Crippen LogP contribution in [0.4, 0.5) is 0 Å². The van der Waals surface area contributed by atoms with Crippen molar-refractivity contribution in [2.45, 2.75) is 117 Å². The van der Waals surface area contributed by atoms with Crippen LogP contribution < -0.4 is 0 Å². The van der Waals surface area contributed by atoms with Crippen LogP contribution in [0.3, 0.4) is 0 Å².